The molecule has 0 bridgehead atoms. The molecule has 0 radical (unpaired) electrons. The Morgan fingerprint density at radius 3 is 1.41 bits per heavy atom. The molecule has 0 aromatic heterocycles. The van der Waals surface area contributed by atoms with E-state index in [-0.39, 0.29) is 16.0 Å². The van der Waals surface area contributed by atoms with Gasteiger partial charge in [-0.1, -0.05) is 159 Å². The Labute approximate surface area is 296 Å². The zero-order valence-corrected chi connectivity index (χ0v) is 30.2. The zero-order valence-electron chi connectivity index (χ0n) is 30.2. The first-order valence-electron chi connectivity index (χ1n) is 19.4. The molecule has 0 fully saturated rings. The summed E-state index contributed by atoms with van der Waals surface area (Å²) in [6.45, 7) is 4.55. The van der Waals surface area contributed by atoms with E-state index >= 15 is 0 Å². The largest absolute Gasteiger partial charge is 0.310 e. The second kappa shape index (κ2) is 18.7. The lowest BCUT2D eigenvalue weighted by Gasteiger charge is -2.34. The fourth-order valence-corrected chi connectivity index (χ4v) is 8.11. The Balaban J connectivity index is 1.52. The lowest BCUT2D eigenvalue weighted by atomic mass is 9.70. The predicted octanol–water partition coefficient (Wildman–Crippen LogP) is 14.4. The van der Waals surface area contributed by atoms with Crippen molar-refractivity contribution in [2.24, 2.45) is 0 Å². The van der Waals surface area contributed by atoms with Gasteiger partial charge in [-0.2, -0.15) is 0 Å². The van der Waals surface area contributed by atoms with Crippen molar-refractivity contribution in [1.29, 1.82) is 0 Å². The van der Waals surface area contributed by atoms with Gasteiger partial charge in [0.15, 0.2) is 0 Å². The van der Waals surface area contributed by atoms with E-state index in [1.165, 1.54) is 112 Å². The van der Waals surface area contributed by atoms with Crippen molar-refractivity contribution in [3.63, 3.8) is 0 Å². The summed E-state index contributed by atoms with van der Waals surface area (Å²) in [4.78, 5) is 14.3. The van der Waals surface area contributed by atoms with E-state index in [1.54, 1.807) is 6.07 Å². The van der Waals surface area contributed by atoms with Gasteiger partial charge in [0.05, 0.1) is 4.92 Å². The summed E-state index contributed by atoms with van der Waals surface area (Å²) in [5, 5.41) is 12.2. The van der Waals surface area contributed by atoms with Crippen molar-refractivity contribution >= 4 is 22.7 Å². The topological polar surface area (TPSA) is 46.4 Å². The number of nitrogens with zero attached hydrogens (tertiary/aromatic N) is 2. The fourth-order valence-electron chi connectivity index (χ4n) is 8.11. The van der Waals surface area contributed by atoms with Gasteiger partial charge in [0.2, 0.25) is 0 Å². The van der Waals surface area contributed by atoms with Crippen LogP contribution in [0.4, 0.5) is 22.7 Å². The number of hydrogen-bond acceptors (Lipinski definition) is 3. The molecular formula is C45H58N2O2. The van der Waals surface area contributed by atoms with Crippen LogP contribution in [0, 0.1) is 10.1 Å². The standard InChI is InChI=1S/C45H58N2O2/c1-3-5-7-9-11-13-15-23-33-45(34-24-16-14-12-10-8-6-4-2)43-35-39(29-31-41(43)42-32-30-40(47(48)49)36-44(42)45)46(37-25-19-17-20-26-37)38-27-21-18-22-28-38/h17-22,25-32,35-36H,3-16,23-24,33-34H2,1-2H3. The summed E-state index contributed by atoms with van der Waals surface area (Å²) in [5.74, 6) is 0. The molecule has 0 amide bonds. The van der Waals surface area contributed by atoms with Gasteiger partial charge in [-0.25, -0.2) is 0 Å². The third kappa shape index (κ3) is 9.21. The molecule has 4 heteroatoms. The lowest BCUT2D eigenvalue weighted by Crippen LogP contribution is -2.26. The van der Waals surface area contributed by atoms with E-state index in [9.17, 15) is 10.1 Å². The highest BCUT2D eigenvalue weighted by molar-refractivity contribution is 5.86. The SMILES string of the molecule is CCCCCCCCCCC1(CCCCCCCCCC)c2cc(N(c3ccccc3)c3ccccc3)ccc2-c2ccc([N+](=O)[O-])cc21. The number of rotatable bonds is 22. The van der Waals surface area contributed by atoms with Crippen molar-refractivity contribution in [2.45, 2.75) is 135 Å². The summed E-state index contributed by atoms with van der Waals surface area (Å²) in [6, 6.07) is 33.8. The van der Waals surface area contributed by atoms with Crippen LogP contribution < -0.4 is 4.90 Å². The van der Waals surface area contributed by atoms with Crippen LogP contribution in [0.15, 0.2) is 97.1 Å². The van der Waals surface area contributed by atoms with Crippen LogP contribution in [0.2, 0.25) is 0 Å². The van der Waals surface area contributed by atoms with Crippen LogP contribution >= 0.6 is 0 Å². The first-order valence-corrected chi connectivity index (χ1v) is 19.4. The third-order valence-electron chi connectivity index (χ3n) is 10.7. The molecule has 0 saturated heterocycles. The lowest BCUT2D eigenvalue weighted by molar-refractivity contribution is -0.384. The maximum Gasteiger partial charge on any atom is 0.269 e. The van der Waals surface area contributed by atoms with Gasteiger partial charge < -0.3 is 4.90 Å². The minimum absolute atomic E-state index is 0.207. The Morgan fingerprint density at radius 1 is 0.510 bits per heavy atom. The monoisotopic (exact) mass is 658 g/mol. The average molecular weight is 659 g/mol. The van der Waals surface area contributed by atoms with Crippen LogP contribution in [0.5, 0.6) is 0 Å². The average Bonchev–Trinajstić information content (AvgIpc) is 3.40. The van der Waals surface area contributed by atoms with Gasteiger partial charge in [-0.15, -0.1) is 0 Å². The van der Waals surface area contributed by atoms with Crippen molar-refractivity contribution < 1.29 is 4.92 Å². The Morgan fingerprint density at radius 2 is 0.939 bits per heavy atom. The van der Waals surface area contributed by atoms with Crippen molar-refractivity contribution in [3.8, 4) is 11.1 Å². The number of nitro groups is 1. The Kier molecular flexibility index (Phi) is 13.9. The maximum atomic E-state index is 12.2. The highest BCUT2D eigenvalue weighted by Crippen LogP contribution is 2.56. The molecule has 0 unspecified atom stereocenters. The van der Waals surface area contributed by atoms with E-state index in [0.29, 0.717) is 0 Å². The molecule has 4 aromatic rings. The molecule has 0 atom stereocenters. The molecule has 0 N–H and O–H groups in total. The second-order valence-corrected chi connectivity index (χ2v) is 14.3. The molecule has 49 heavy (non-hydrogen) atoms. The quantitative estimate of drug-likeness (QED) is 0.0479. The number of hydrogen-bond donors (Lipinski definition) is 0. The second-order valence-electron chi connectivity index (χ2n) is 14.3. The summed E-state index contributed by atoms with van der Waals surface area (Å²) >= 11 is 0. The summed E-state index contributed by atoms with van der Waals surface area (Å²) in [6.07, 6.45) is 22.4. The van der Waals surface area contributed by atoms with Crippen LogP contribution in [0.25, 0.3) is 11.1 Å². The van der Waals surface area contributed by atoms with Crippen molar-refractivity contribution in [3.05, 3.63) is 118 Å². The van der Waals surface area contributed by atoms with E-state index in [4.69, 9.17) is 0 Å². The smallest absolute Gasteiger partial charge is 0.269 e. The molecule has 260 valence electrons. The molecule has 4 aromatic carbocycles. The molecular weight excluding hydrogens is 601 g/mol. The minimum atomic E-state index is -0.240. The van der Waals surface area contributed by atoms with Crippen molar-refractivity contribution in [1.82, 2.24) is 0 Å². The van der Waals surface area contributed by atoms with E-state index < -0.39 is 0 Å². The van der Waals surface area contributed by atoms with Crippen LogP contribution in [0.1, 0.15) is 141 Å². The minimum Gasteiger partial charge on any atom is -0.310 e. The number of fused-ring (bicyclic) bond motifs is 3. The van der Waals surface area contributed by atoms with Crippen LogP contribution in [-0.2, 0) is 5.41 Å². The number of anilines is 3. The van der Waals surface area contributed by atoms with E-state index in [2.05, 4.69) is 97.6 Å². The van der Waals surface area contributed by atoms with E-state index in [0.717, 1.165) is 42.7 Å². The van der Waals surface area contributed by atoms with Gasteiger partial charge in [0, 0.05) is 34.6 Å². The molecule has 4 nitrogen and oxygen atoms in total. The first-order chi connectivity index (χ1) is 24.1. The van der Waals surface area contributed by atoms with E-state index in [1.807, 2.05) is 12.1 Å². The third-order valence-corrected chi connectivity index (χ3v) is 10.7. The van der Waals surface area contributed by atoms with Gasteiger partial charge in [-0.05, 0) is 77.6 Å². The summed E-state index contributed by atoms with van der Waals surface area (Å²) in [5.41, 5.74) is 8.29. The number of benzene rings is 4. The highest BCUT2D eigenvalue weighted by atomic mass is 16.6. The number of nitro benzene ring substituents is 1. The fraction of sp³-hybridized carbons (Fsp3) is 0.467. The van der Waals surface area contributed by atoms with Crippen LogP contribution in [-0.4, -0.2) is 4.92 Å². The molecule has 0 saturated carbocycles. The molecule has 1 aliphatic rings. The Bertz CT molecular complexity index is 1520. The number of para-hydroxylation sites is 2. The molecule has 0 heterocycles. The van der Waals surface area contributed by atoms with Crippen molar-refractivity contribution in [2.75, 3.05) is 4.90 Å². The summed E-state index contributed by atoms with van der Waals surface area (Å²) < 4.78 is 0. The number of non-ortho nitro benzene ring substituents is 1. The normalized spacial score (nSPS) is 12.9. The number of unbranched alkanes of at least 4 members (excludes halogenated alkanes) is 14. The maximum absolute atomic E-state index is 12.2. The van der Waals surface area contributed by atoms with Gasteiger partial charge >= 0.3 is 0 Å². The van der Waals surface area contributed by atoms with Gasteiger partial charge in [0.25, 0.3) is 5.69 Å². The first kappa shape index (κ1) is 36.4. The Hall–Kier alpha value is -3.92. The molecule has 5 rings (SSSR count). The molecule has 1 aliphatic carbocycles. The molecule has 0 spiro atoms. The van der Waals surface area contributed by atoms with Crippen LogP contribution in [0.3, 0.4) is 0 Å². The highest BCUT2D eigenvalue weighted by Gasteiger charge is 2.43. The zero-order chi connectivity index (χ0) is 34.3. The molecule has 0 aliphatic heterocycles. The summed E-state index contributed by atoms with van der Waals surface area (Å²) in [7, 11) is 0. The predicted molar refractivity (Wildman–Crippen MR) is 208 cm³/mol. The van der Waals surface area contributed by atoms with Gasteiger partial charge in [0.1, 0.15) is 0 Å². The van der Waals surface area contributed by atoms with Gasteiger partial charge in [-0.3, -0.25) is 10.1 Å².